The van der Waals surface area contributed by atoms with Gasteiger partial charge < -0.3 is 14.2 Å². The summed E-state index contributed by atoms with van der Waals surface area (Å²) in [6.07, 6.45) is 1.60. The van der Waals surface area contributed by atoms with Crippen LogP contribution < -0.4 is 14.2 Å². The topological polar surface area (TPSA) is 65.1 Å². The molecule has 27 heavy (non-hydrogen) atoms. The number of benzene rings is 2. The second kappa shape index (κ2) is 6.73. The van der Waals surface area contributed by atoms with Crippen LogP contribution in [0.2, 0.25) is 0 Å². The van der Waals surface area contributed by atoms with Gasteiger partial charge in [0.15, 0.2) is 0 Å². The molecule has 0 spiro atoms. The van der Waals surface area contributed by atoms with Crippen LogP contribution in [-0.4, -0.2) is 40.1 Å². The number of methoxy groups -OCH3 is 1. The Hall–Kier alpha value is -2.25. The van der Waals surface area contributed by atoms with Crippen LogP contribution in [0.3, 0.4) is 0 Å². The summed E-state index contributed by atoms with van der Waals surface area (Å²) in [6, 6.07) is 6.95. The number of nitrogens with zero attached hydrogens (tertiary/aromatic N) is 1. The van der Waals surface area contributed by atoms with Crippen molar-refractivity contribution in [2.24, 2.45) is 0 Å². The van der Waals surface area contributed by atoms with E-state index in [9.17, 15) is 8.42 Å². The smallest absolute Gasteiger partial charge is 0.243 e. The average Bonchev–Trinajstić information content (AvgIpc) is 3.30. The van der Waals surface area contributed by atoms with E-state index in [2.05, 4.69) is 0 Å². The Morgan fingerprint density at radius 1 is 1.15 bits per heavy atom. The lowest BCUT2D eigenvalue weighted by atomic mass is 9.99. The third-order valence-electron chi connectivity index (χ3n) is 5.22. The van der Waals surface area contributed by atoms with Gasteiger partial charge in [-0.2, -0.15) is 4.31 Å². The number of ether oxygens (including phenoxy) is 3. The normalized spacial score (nSPS) is 15.3. The van der Waals surface area contributed by atoms with E-state index in [-0.39, 0.29) is 11.4 Å². The molecule has 2 aliphatic rings. The van der Waals surface area contributed by atoms with Crippen LogP contribution in [0, 0.1) is 6.92 Å². The highest BCUT2D eigenvalue weighted by Gasteiger charge is 2.30. The summed E-state index contributed by atoms with van der Waals surface area (Å²) in [4.78, 5) is 0.254. The summed E-state index contributed by atoms with van der Waals surface area (Å²) in [5.41, 5.74) is 3.86. The molecule has 0 radical (unpaired) electrons. The van der Waals surface area contributed by atoms with Crippen LogP contribution in [0.15, 0.2) is 29.2 Å². The molecule has 0 atom stereocenters. The molecule has 0 aliphatic carbocycles. The fourth-order valence-corrected chi connectivity index (χ4v) is 4.98. The molecule has 7 heteroatoms. The second-order valence-corrected chi connectivity index (χ2v) is 8.95. The Labute approximate surface area is 159 Å². The van der Waals surface area contributed by atoms with Crippen LogP contribution >= 0.6 is 0 Å². The monoisotopic (exact) mass is 389 g/mol. The van der Waals surface area contributed by atoms with E-state index in [1.54, 1.807) is 32.4 Å². The highest BCUT2D eigenvalue weighted by atomic mass is 32.2. The summed E-state index contributed by atoms with van der Waals surface area (Å²) in [6.45, 7) is 3.33. The Morgan fingerprint density at radius 2 is 1.93 bits per heavy atom. The minimum Gasteiger partial charge on any atom is -0.496 e. The first kappa shape index (κ1) is 18.1. The van der Waals surface area contributed by atoms with Crippen molar-refractivity contribution in [2.75, 3.05) is 27.4 Å². The molecular weight excluding hydrogens is 366 g/mol. The van der Waals surface area contributed by atoms with Crippen LogP contribution in [0.1, 0.15) is 22.3 Å². The molecule has 2 heterocycles. The molecule has 2 aliphatic heterocycles. The minimum atomic E-state index is -3.64. The van der Waals surface area contributed by atoms with E-state index in [0.717, 1.165) is 46.6 Å². The van der Waals surface area contributed by atoms with Gasteiger partial charge in [-0.3, -0.25) is 0 Å². The molecule has 0 unspecified atom stereocenters. The van der Waals surface area contributed by atoms with Crippen molar-refractivity contribution in [1.29, 1.82) is 0 Å². The van der Waals surface area contributed by atoms with Crippen LogP contribution in [-0.2, 0) is 29.4 Å². The molecule has 0 fully saturated rings. The zero-order chi connectivity index (χ0) is 19.2. The van der Waals surface area contributed by atoms with Crippen LogP contribution in [0.5, 0.6) is 17.2 Å². The number of hydrogen-bond donors (Lipinski definition) is 0. The minimum absolute atomic E-state index is 0.252. The fourth-order valence-electron chi connectivity index (χ4n) is 3.75. The number of sulfonamides is 1. The Morgan fingerprint density at radius 3 is 2.67 bits per heavy atom. The van der Waals surface area contributed by atoms with Crippen LogP contribution in [0.25, 0.3) is 0 Å². The largest absolute Gasteiger partial charge is 0.496 e. The Balaban J connectivity index is 1.69. The van der Waals surface area contributed by atoms with Gasteiger partial charge in [0.2, 0.25) is 10.0 Å². The van der Waals surface area contributed by atoms with Gasteiger partial charge in [-0.1, -0.05) is 0 Å². The molecule has 0 saturated heterocycles. The standard InChI is InChI=1S/C20H23NO5S/c1-13-10-15(4-5-18(13)24-3)27(22,23)21(2)12-17-16-7-9-25-19(16)11-14-6-8-26-20(14)17/h4-5,10-11H,6-9,12H2,1-3H3. The molecule has 0 saturated carbocycles. The number of aryl methyl sites for hydroxylation is 1. The molecule has 6 nitrogen and oxygen atoms in total. The van der Waals surface area contributed by atoms with Crippen molar-refractivity contribution in [2.45, 2.75) is 31.2 Å². The summed E-state index contributed by atoms with van der Waals surface area (Å²) >= 11 is 0. The van der Waals surface area contributed by atoms with Crippen molar-refractivity contribution >= 4 is 10.0 Å². The zero-order valence-electron chi connectivity index (χ0n) is 15.7. The lowest BCUT2D eigenvalue weighted by molar-refractivity contribution is 0.348. The van der Waals surface area contributed by atoms with Gasteiger partial charge in [0, 0.05) is 43.1 Å². The van der Waals surface area contributed by atoms with Gasteiger partial charge in [0.1, 0.15) is 17.2 Å². The maximum absolute atomic E-state index is 13.1. The fraction of sp³-hybridized carbons (Fsp3) is 0.400. The maximum atomic E-state index is 13.1. The molecule has 4 rings (SSSR count). The predicted molar refractivity (Wildman–Crippen MR) is 101 cm³/mol. The van der Waals surface area contributed by atoms with Crippen molar-refractivity contribution in [3.8, 4) is 17.2 Å². The molecule has 2 aromatic carbocycles. The highest BCUT2D eigenvalue weighted by Crippen LogP contribution is 2.41. The molecule has 0 N–H and O–H groups in total. The average molecular weight is 389 g/mol. The van der Waals surface area contributed by atoms with E-state index >= 15 is 0 Å². The summed E-state index contributed by atoms with van der Waals surface area (Å²) < 4.78 is 44.4. The Kier molecular flexibility index (Phi) is 4.52. The van der Waals surface area contributed by atoms with Gasteiger partial charge in [0.25, 0.3) is 0 Å². The van der Waals surface area contributed by atoms with Gasteiger partial charge in [-0.15, -0.1) is 0 Å². The number of hydrogen-bond acceptors (Lipinski definition) is 5. The highest BCUT2D eigenvalue weighted by molar-refractivity contribution is 7.89. The van der Waals surface area contributed by atoms with Gasteiger partial charge in [-0.25, -0.2) is 8.42 Å². The summed E-state index contributed by atoms with van der Waals surface area (Å²) in [5, 5.41) is 0. The molecule has 0 amide bonds. The van der Waals surface area contributed by atoms with Crippen LogP contribution in [0.4, 0.5) is 0 Å². The summed E-state index contributed by atoms with van der Waals surface area (Å²) in [5.74, 6) is 2.36. The van der Waals surface area contributed by atoms with E-state index < -0.39 is 10.0 Å². The first-order valence-corrected chi connectivity index (χ1v) is 10.4. The van der Waals surface area contributed by atoms with Crippen molar-refractivity contribution in [3.05, 3.63) is 46.5 Å². The lowest BCUT2D eigenvalue weighted by Gasteiger charge is -2.21. The van der Waals surface area contributed by atoms with Crippen molar-refractivity contribution in [1.82, 2.24) is 4.31 Å². The molecule has 0 bridgehead atoms. The molecule has 144 valence electrons. The molecule has 0 aromatic heterocycles. The number of fused-ring (bicyclic) bond motifs is 2. The zero-order valence-corrected chi connectivity index (χ0v) is 16.6. The van der Waals surface area contributed by atoms with Gasteiger partial charge in [-0.05, 0) is 36.8 Å². The third kappa shape index (κ3) is 3.04. The quantitative estimate of drug-likeness (QED) is 0.787. The number of rotatable bonds is 5. The maximum Gasteiger partial charge on any atom is 0.243 e. The SMILES string of the molecule is COc1ccc(S(=O)(=O)N(C)Cc2c3c(cc4c2OCC4)OCC3)cc1C. The van der Waals surface area contributed by atoms with E-state index in [1.807, 2.05) is 13.0 Å². The third-order valence-corrected chi connectivity index (χ3v) is 7.01. The van der Waals surface area contributed by atoms with Crippen molar-refractivity contribution < 1.29 is 22.6 Å². The molecular formula is C20H23NO5S. The van der Waals surface area contributed by atoms with E-state index in [1.165, 1.54) is 4.31 Å². The Bertz CT molecular complexity index is 968. The van der Waals surface area contributed by atoms with Gasteiger partial charge in [0.05, 0.1) is 25.2 Å². The summed E-state index contributed by atoms with van der Waals surface area (Å²) in [7, 11) is -0.465. The lowest BCUT2D eigenvalue weighted by Crippen LogP contribution is -2.27. The molecule has 2 aromatic rings. The van der Waals surface area contributed by atoms with E-state index in [0.29, 0.717) is 19.0 Å². The predicted octanol–water partition coefficient (Wildman–Crippen LogP) is 2.69. The first-order chi connectivity index (χ1) is 12.9. The first-order valence-electron chi connectivity index (χ1n) is 8.96. The second-order valence-electron chi connectivity index (χ2n) is 6.91. The van der Waals surface area contributed by atoms with Gasteiger partial charge >= 0.3 is 0 Å². The van der Waals surface area contributed by atoms with Crippen molar-refractivity contribution in [3.63, 3.8) is 0 Å². The van der Waals surface area contributed by atoms with E-state index in [4.69, 9.17) is 14.2 Å².